The first-order valence-corrected chi connectivity index (χ1v) is 6.62. The minimum absolute atomic E-state index is 0.0555. The summed E-state index contributed by atoms with van der Waals surface area (Å²) in [5.74, 6) is 0.226. The molecule has 0 fully saturated rings. The fourth-order valence-corrected chi connectivity index (χ4v) is 2.66. The summed E-state index contributed by atoms with van der Waals surface area (Å²) in [7, 11) is -2.85. The van der Waals surface area contributed by atoms with Crippen molar-refractivity contribution in [2.45, 2.75) is 31.8 Å². The maximum atomic E-state index is 11.0. The number of nitrogens with one attached hydrogen (secondary N) is 1. The molecule has 1 unspecified atom stereocenters. The lowest BCUT2D eigenvalue weighted by Crippen LogP contribution is -2.39. The van der Waals surface area contributed by atoms with E-state index in [1.165, 1.54) is 6.26 Å². The smallest absolute Gasteiger partial charge is 0.148 e. The van der Waals surface area contributed by atoms with Gasteiger partial charge in [0.2, 0.25) is 0 Å². The van der Waals surface area contributed by atoms with Crippen LogP contribution in [-0.2, 0) is 9.84 Å². The second-order valence-corrected chi connectivity index (χ2v) is 5.98. The molecule has 13 heavy (non-hydrogen) atoms. The molecule has 3 nitrogen and oxygen atoms in total. The lowest BCUT2D eigenvalue weighted by atomic mass is 10.2. The molecule has 1 N–H and O–H groups in total. The van der Waals surface area contributed by atoms with Crippen LogP contribution in [0.25, 0.3) is 0 Å². The largest absolute Gasteiger partial charge is 0.310 e. The second-order valence-electron chi connectivity index (χ2n) is 3.80. The molecule has 1 atom stereocenters. The van der Waals surface area contributed by atoms with Crippen LogP contribution in [0.3, 0.4) is 0 Å². The van der Waals surface area contributed by atoms with Crippen molar-refractivity contribution in [3.05, 3.63) is 12.2 Å². The Kier molecular flexibility index (Phi) is 3.50. The van der Waals surface area contributed by atoms with Crippen molar-refractivity contribution < 1.29 is 8.42 Å². The van der Waals surface area contributed by atoms with Crippen molar-refractivity contribution in [1.29, 1.82) is 0 Å². The quantitative estimate of drug-likeness (QED) is 0.685. The summed E-state index contributed by atoms with van der Waals surface area (Å²) in [5, 5.41) is 3.29. The van der Waals surface area contributed by atoms with Gasteiger partial charge in [-0.2, -0.15) is 0 Å². The van der Waals surface area contributed by atoms with Gasteiger partial charge in [0, 0.05) is 18.3 Å². The van der Waals surface area contributed by atoms with E-state index < -0.39 is 9.84 Å². The third kappa shape index (κ3) is 4.43. The summed E-state index contributed by atoms with van der Waals surface area (Å²) in [6, 6.07) is 0.497. The van der Waals surface area contributed by atoms with Crippen LogP contribution < -0.4 is 5.32 Å². The van der Waals surface area contributed by atoms with E-state index in [2.05, 4.69) is 17.5 Å². The molecular formula is C9H17NO2S. The van der Waals surface area contributed by atoms with E-state index in [9.17, 15) is 8.42 Å². The lowest BCUT2D eigenvalue weighted by molar-refractivity contribution is 0.479. The number of hydrogen-bond acceptors (Lipinski definition) is 3. The number of rotatable bonds is 4. The highest BCUT2D eigenvalue weighted by atomic mass is 32.2. The molecule has 76 valence electrons. The Morgan fingerprint density at radius 2 is 2.00 bits per heavy atom. The second kappa shape index (κ2) is 4.24. The molecule has 0 spiro atoms. The Hall–Kier alpha value is -0.350. The Labute approximate surface area is 80.1 Å². The topological polar surface area (TPSA) is 46.2 Å². The van der Waals surface area contributed by atoms with Crippen molar-refractivity contribution >= 4 is 9.84 Å². The minimum atomic E-state index is -2.85. The molecule has 0 aromatic carbocycles. The Morgan fingerprint density at radius 1 is 1.46 bits per heavy atom. The average Bonchev–Trinajstić information content (AvgIpc) is 2.34. The van der Waals surface area contributed by atoms with Gasteiger partial charge in [-0.15, -0.1) is 0 Å². The molecule has 4 heteroatoms. The van der Waals surface area contributed by atoms with Crippen molar-refractivity contribution in [3.8, 4) is 0 Å². The molecule has 0 aromatic heterocycles. The van der Waals surface area contributed by atoms with Crippen LogP contribution in [0, 0.1) is 0 Å². The van der Waals surface area contributed by atoms with Crippen LogP contribution in [0.1, 0.15) is 19.8 Å². The molecule has 0 heterocycles. The summed E-state index contributed by atoms with van der Waals surface area (Å²) >= 11 is 0. The molecule has 0 aliphatic heterocycles. The number of hydrogen-bond donors (Lipinski definition) is 1. The van der Waals surface area contributed by atoms with Crippen LogP contribution in [0.5, 0.6) is 0 Å². The van der Waals surface area contributed by atoms with Crippen LogP contribution in [-0.4, -0.2) is 32.5 Å². The van der Waals surface area contributed by atoms with Gasteiger partial charge < -0.3 is 5.32 Å². The van der Waals surface area contributed by atoms with Gasteiger partial charge in [-0.05, 0) is 19.8 Å². The van der Waals surface area contributed by atoms with Gasteiger partial charge in [0.05, 0.1) is 5.75 Å². The molecule has 1 aliphatic rings. The lowest BCUT2D eigenvalue weighted by Gasteiger charge is -2.18. The Bertz CT molecular complexity index is 274. The summed E-state index contributed by atoms with van der Waals surface area (Å²) in [5.41, 5.74) is 0. The maximum Gasteiger partial charge on any atom is 0.148 e. The van der Waals surface area contributed by atoms with E-state index in [1.54, 1.807) is 0 Å². The third-order valence-electron chi connectivity index (χ3n) is 2.08. The molecule has 0 saturated heterocycles. The predicted molar refractivity (Wildman–Crippen MR) is 54.5 cm³/mol. The van der Waals surface area contributed by atoms with Crippen LogP contribution in [0.15, 0.2) is 12.2 Å². The zero-order valence-corrected chi connectivity index (χ0v) is 8.97. The van der Waals surface area contributed by atoms with Gasteiger partial charge in [-0.1, -0.05) is 12.2 Å². The first-order valence-electron chi connectivity index (χ1n) is 4.56. The zero-order chi connectivity index (χ0) is 9.90. The molecule has 0 saturated carbocycles. The van der Waals surface area contributed by atoms with Gasteiger partial charge in [0.1, 0.15) is 9.84 Å². The molecule has 0 aromatic rings. The van der Waals surface area contributed by atoms with E-state index in [0.29, 0.717) is 6.04 Å². The Morgan fingerprint density at radius 3 is 2.46 bits per heavy atom. The number of sulfone groups is 1. The molecule has 1 aliphatic carbocycles. The Balaban J connectivity index is 2.29. The summed E-state index contributed by atoms with van der Waals surface area (Å²) in [4.78, 5) is 0. The normalized spacial score (nSPS) is 20.8. The zero-order valence-electron chi connectivity index (χ0n) is 8.16. The third-order valence-corrected chi connectivity index (χ3v) is 3.19. The summed E-state index contributed by atoms with van der Waals surface area (Å²) in [6.45, 7) is 1.92. The molecular weight excluding hydrogens is 186 g/mol. The SMILES string of the molecule is CC(CS(C)(=O)=O)NC1CC=CC1. The van der Waals surface area contributed by atoms with Crippen LogP contribution in [0.2, 0.25) is 0 Å². The fraction of sp³-hybridized carbons (Fsp3) is 0.778. The van der Waals surface area contributed by atoms with Crippen LogP contribution in [0.4, 0.5) is 0 Å². The van der Waals surface area contributed by atoms with Gasteiger partial charge in [0.15, 0.2) is 0 Å². The maximum absolute atomic E-state index is 11.0. The summed E-state index contributed by atoms with van der Waals surface area (Å²) < 4.78 is 21.9. The van der Waals surface area contributed by atoms with E-state index in [-0.39, 0.29) is 11.8 Å². The highest BCUT2D eigenvalue weighted by Gasteiger charge is 2.15. The standard InChI is InChI=1S/C9H17NO2S/c1-8(7-13(2,11)12)10-9-5-3-4-6-9/h3-4,8-10H,5-7H2,1-2H3. The highest BCUT2D eigenvalue weighted by molar-refractivity contribution is 7.90. The van der Waals surface area contributed by atoms with Crippen molar-refractivity contribution in [2.24, 2.45) is 0 Å². The first kappa shape index (κ1) is 10.7. The van der Waals surface area contributed by atoms with E-state index >= 15 is 0 Å². The van der Waals surface area contributed by atoms with E-state index in [4.69, 9.17) is 0 Å². The monoisotopic (exact) mass is 203 g/mol. The molecule has 0 radical (unpaired) electrons. The molecule has 0 amide bonds. The van der Waals surface area contributed by atoms with E-state index in [0.717, 1.165) is 12.8 Å². The van der Waals surface area contributed by atoms with Gasteiger partial charge in [-0.3, -0.25) is 0 Å². The van der Waals surface area contributed by atoms with Gasteiger partial charge >= 0.3 is 0 Å². The highest BCUT2D eigenvalue weighted by Crippen LogP contribution is 2.10. The predicted octanol–water partition coefficient (Wildman–Crippen LogP) is 0.728. The average molecular weight is 203 g/mol. The van der Waals surface area contributed by atoms with Crippen molar-refractivity contribution in [1.82, 2.24) is 5.32 Å². The van der Waals surface area contributed by atoms with Crippen molar-refractivity contribution in [3.63, 3.8) is 0 Å². The van der Waals surface area contributed by atoms with Gasteiger partial charge in [0.25, 0.3) is 0 Å². The summed E-state index contributed by atoms with van der Waals surface area (Å²) in [6.07, 6.45) is 7.58. The van der Waals surface area contributed by atoms with E-state index in [1.807, 2.05) is 6.92 Å². The fourth-order valence-electron chi connectivity index (χ4n) is 1.66. The molecule has 1 rings (SSSR count). The van der Waals surface area contributed by atoms with Crippen molar-refractivity contribution in [2.75, 3.05) is 12.0 Å². The van der Waals surface area contributed by atoms with Crippen LogP contribution >= 0.6 is 0 Å². The van der Waals surface area contributed by atoms with Gasteiger partial charge in [-0.25, -0.2) is 8.42 Å². The minimum Gasteiger partial charge on any atom is -0.310 e. The first-order chi connectivity index (χ1) is 5.97. The molecule has 0 bridgehead atoms.